The first-order valence-corrected chi connectivity index (χ1v) is 8.33. The van der Waals surface area contributed by atoms with Gasteiger partial charge in [0.15, 0.2) is 0 Å². The van der Waals surface area contributed by atoms with E-state index in [1.165, 1.54) is 6.07 Å². The molecule has 0 spiro atoms. The van der Waals surface area contributed by atoms with Crippen LogP contribution in [0.2, 0.25) is 0 Å². The van der Waals surface area contributed by atoms with E-state index in [0.717, 1.165) is 12.8 Å². The van der Waals surface area contributed by atoms with E-state index in [1.54, 1.807) is 23.4 Å². The maximum Gasteiger partial charge on any atom is 0.243 e. The molecular formula is C15H20N2O2S. The molecule has 108 valence electrons. The lowest BCUT2D eigenvalue weighted by atomic mass is 9.95. The fourth-order valence-electron chi connectivity index (χ4n) is 2.82. The molecule has 1 aliphatic heterocycles. The van der Waals surface area contributed by atoms with Crippen molar-refractivity contribution < 1.29 is 8.42 Å². The maximum absolute atomic E-state index is 12.8. The van der Waals surface area contributed by atoms with Gasteiger partial charge in [-0.25, -0.2) is 8.42 Å². The summed E-state index contributed by atoms with van der Waals surface area (Å²) in [5.41, 5.74) is 1.07. The third-order valence-corrected chi connectivity index (χ3v) is 6.14. The summed E-state index contributed by atoms with van der Waals surface area (Å²) in [7, 11) is -3.52. The van der Waals surface area contributed by atoms with Crippen LogP contribution >= 0.6 is 0 Å². The lowest BCUT2D eigenvalue weighted by Crippen LogP contribution is -2.44. The van der Waals surface area contributed by atoms with E-state index in [2.05, 4.69) is 6.92 Å². The molecule has 4 nitrogen and oxygen atoms in total. The molecule has 2 unspecified atom stereocenters. The van der Waals surface area contributed by atoms with Crippen molar-refractivity contribution in [1.29, 1.82) is 5.26 Å². The molecule has 1 fully saturated rings. The third kappa shape index (κ3) is 2.72. The molecule has 0 bridgehead atoms. The van der Waals surface area contributed by atoms with Crippen LogP contribution in [-0.4, -0.2) is 25.3 Å². The Morgan fingerprint density at radius 3 is 2.65 bits per heavy atom. The van der Waals surface area contributed by atoms with E-state index in [4.69, 9.17) is 5.26 Å². The molecular weight excluding hydrogens is 272 g/mol. The normalized spacial score (nSPS) is 24.3. The summed E-state index contributed by atoms with van der Waals surface area (Å²) in [6, 6.07) is 6.84. The van der Waals surface area contributed by atoms with Gasteiger partial charge in [-0.05, 0) is 50.3 Å². The van der Waals surface area contributed by atoms with Crippen LogP contribution in [0.5, 0.6) is 0 Å². The molecule has 20 heavy (non-hydrogen) atoms. The van der Waals surface area contributed by atoms with Crippen molar-refractivity contribution >= 4 is 10.0 Å². The van der Waals surface area contributed by atoms with Crippen LogP contribution in [0.1, 0.15) is 37.8 Å². The Hall–Kier alpha value is -1.38. The molecule has 1 aliphatic rings. The number of sulfonamides is 1. The van der Waals surface area contributed by atoms with Gasteiger partial charge < -0.3 is 0 Å². The Balaban J connectivity index is 2.43. The lowest BCUT2D eigenvalue weighted by molar-refractivity contribution is 0.220. The Bertz CT molecular complexity index is 646. The Morgan fingerprint density at radius 1 is 1.35 bits per heavy atom. The van der Waals surface area contributed by atoms with Gasteiger partial charge in [0, 0.05) is 12.6 Å². The van der Waals surface area contributed by atoms with E-state index in [1.807, 2.05) is 13.0 Å². The van der Waals surface area contributed by atoms with Crippen LogP contribution in [0.15, 0.2) is 23.1 Å². The van der Waals surface area contributed by atoms with Gasteiger partial charge in [-0.1, -0.05) is 13.0 Å². The molecule has 5 heteroatoms. The van der Waals surface area contributed by atoms with Gasteiger partial charge in [-0.3, -0.25) is 0 Å². The van der Waals surface area contributed by atoms with Gasteiger partial charge in [0.2, 0.25) is 10.0 Å². The van der Waals surface area contributed by atoms with Crippen LogP contribution in [-0.2, 0) is 10.0 Å². The summed E-state index contributed by atoms with van der Waals surface area (Å²) in [4.78, 5) is 0.262. The Labute approximate surface area is 121 Å². The predicted molar refractivity (Wildman–Crippen MR) is 77.6 cm³/mol. The highest BCUT2D eigenvalue weighted by molar-refractivity contribution is 7.89. The fourth-order valence-corrected chi connectivity index (χ4v) is 4.73. The molecule has 0 aliphatic carbocycles. The van der Waals surface area contributed by atoms with Gasteiger partial charge in [-0.15, -0.1) is 0 Å². The van der Waals surface area contributed by atoms with Gasteiger partial charge in [0.05, 0.1) is 16.5 Å². The monoisotopic (exact) mass is 292 g/mol. The molecule has 0 N–H and O–H groups in total. The largest absolute Gasteiger partial charge is 0.243 e. The molecule has 1 aromatic carbocycles. The fraction of sp³-hybridized carbons (Fsp3) is 0.533. The molecule has 0 amide bonds. The van der Waals surface area contributed by atoms with E-state index in [9.17, 15) is 8.42 Å². The SMILES string of the molecule is Cc1ccc(C#N)cc1S(=O)(=O)N1CCC(C)CC1C. The summed E-state index contributed by atoms with van der Waals surface area (Å²) < 4.78 is 27.2. The van der Waals surface area contributed by atoms with Crippen molar-refractivity contribution in [3.8, 4) is 6.07 Å². The van der Waals surface area contributed by atoms with Crippen molar-refractivity contribution in [2.75, 3.05) is 6.54 Å². The second-order valence-electron chi connectivity index (χ2n) is 5.69. The molecule has 0 radical (unpaired) electrons. The molecule has 1 heterocycles. The van der Waals surface area contributed by atoms with Crippen molar-refractivity contribution in [2.45, 2.75) is 44.6 Å². The summed E-state index contributed by atoms with van der Waals surface area (Å²) in [6.07, 6.45) is 1.77. The first-order chi connectivity index (χ1) is 9.36. The average Bonchev–Trinajstić information content (AvgIpc) is 2.38. The van der Waals surface area contributed by atoms with Crippen LogP contribution in [0, 0.1) is 24.2 Å². The topological polar surface area (TPSA) is 61.2 Å². The Kier molecular flexibility index (Phi) is 4.17. The zero-order chi connectivity index (χ0) is 14.9. The number of hydrogen-bond donors (Lipinski definition) is 0. The molecule has 1 aromatic rings. The minimum atomic E-state index is -3.52. The molecule has 2 atom stereocenters. The average molecular weight is 292 g/mol. The number of nitrogens with zero attached hydrogens (tertiary/aromatic N) is 2. The van der Waals surface area contributed by atoms with Gasteiger partial charge in [0.25, 0.3) is 0 Å². The molecule has 0 aromatic heterocycles. The summed E-state index contributed by atoms with van der Waals surface area (Å²) in [5, 5.41) is 8.96. The highest BCUT2D eigenvalue weighted by Gasteiger charge is 2.34. The predicted octanol–water partition coefficient (Wildman–Crippen LogP) is 2.68. The van der Waals surface area contributed by atoms with Gasteiger partial charge in [-0.2, -0.15) is 9.57 Å². The number of rotatable bonds is 2. The van der Waals surface area contributed by atoms with Crippen LogP contribution < -0.4 is 0 Å². The minimum Gasteiger partial charge on any atom is -0.207 e. The van der Waals surface area contributed by atoms with Gasteiger partial charge in [0.1, 0.15) is 0 Å². The minimum absolute atomic E-state index is 0.00823. The highest BCUT2D eigenvalue weighted by atomic mass is 32.2. The smallest absolute Gasteiger partial charge is 0.207 e. The zero-order valence-corrected chi connectivity index (χ0v) is 12.9. The lowest BCUT2D eigenvalue weighted by Gasteiger charge is -2.35. The van der Waals surface area contributed by atoms with Crippen LogP contribution in [0.4, 0.5) is 0 Å². The highest BCUT2D eigenvalue weighted by Crippen LogP contribution is 2.29. The van der Waals surface area contributed by atoms with E-state index in [0.29, 0.717) is 23.6 Å². The van der Waals surface area contributed by atoms with Crippen LogP contribution in [0.25, 0.3) is 0 Å². The summed E-state index contributed by atoms with van der Waals surface area (Å²) >= 11 is 0. The number of hydrogen-bond acceptors (Lipinski definition) is 3. The molecule has 0 saturated carbocycles. The third-order valence-electron chi connectivity index (χ3n) is 3.98. The number of nitriles is 1. The van der Waals surface area contributed by atoms with Crippen molar-refractivity contribution in [2.24, 2.45) is 5.92 Å². The van der Waals surface area contributed by atoms with Crippen molar-refractivity contribution in [1.82, 2.24) is 4.31 Å². The summed E-state index contributed by atoms with van der Waals surface area (Å²) in [5.74, 6) is 0.558. The van der Waals surface area contributed by atoms with Crippen LogP contribution in [0.3, 0.4) is 0 Å². The van der Waals surface area contributed by atoms with E-state index >= 15 is 0 Å². The van der Waals surface area contributed by atoms with E-state index < -0.39 is 10.0 Å². The number of piperidine rings is 1. The first-order valence-electron chi connectivity index (χ1n) is 6.89. The zero-order valence-electron chi connectivity index (χ0n) is 12.1. The molecule has 1 saturated heterocycles. The Morgan fingerprint density at radius 2 is 2.05 bits per heavy atom. The number of benzene rings is 1. The maximum atomic E-state index is 12.8. The van der Waals surface area contributed by atoms with E-state index in [-0.39, 0.29) is 10.9 Å². The quantitative estimate of drug-likeness (QED) is 0.842. The summed E-state index contributed by atoms with van der Waals surface area (Å²) in [6.45, 7) is 6.44. The second kappa shape index (κ2) is 5.55. The second-order valence-corrected chi connectivity index (χ2v) is 7.55. The standard InChI is InChI=1S/C15H20N2O2S/c1-11-6-7-17(13(3)8-11)20(18,19)15-9-14(10-16)5-4-12(15)2/h4-5,9,11,13H,6-8H2,1-3H3. The number of aryl methyl sites for hydroxylation is 1. The van der Waals surface area contributed by atoms with Crippen molar-refractivity contribution in [3.63, 3.8) is 0 Å². The van der Waals surface area contributed by atoms with Gasteiger partial charge >= 0.3 is 0 Å². The van der Waals surface area contributed by atoms with Crippen molar-refractivity contribution in [3.05, 3.63) is 29.3 Å². The first kappa shape index (κ1) is 15.0. The molecule has 2 rings (SSSR count).